The van der Waals surface area contributed by atoms with Crippen LogP contribution in [-0.2, 0) is 0 Å². The van der Waals surface area contributed by atoms with Crippen molar-refractivity contribution in [3.63, 3.8) is 0 Å². The lowest BCUT2D eigenvalue weighted by atomic mass is 10.0. The van der Waals surface area contributed by atoms with Gasteiger partial charge >= 0.3 is 0 Å². The highest BCUT2D eigenvalue weighted by Gasteiger charge is 2.22. The Morgan fingerprint density at radius 2 is 1.08 bits per heavy atom. The van der Waals surface area contributed by atoms with E-state index < -0.39 is 0 Å². The van der Waals surface area contributed by atoms with Gasteiger partial charge in [0, 0.05) is 49.3 Å². The lowest BCUT2D eigenvalue weighted by molar-refractivity contribution is 0.669. The fourth-order valence-electron chi connectivity index (χ4n) is 7.79. The average Bonchev–Trinajstić information content (AvgIpc) is 3.88. The van der Waals surface area contributed by atoms with Gasteiger partial charge in [-0.05, 0) is 54.6 Å². The summed E-state index contributed by atoms with van der Waals surface area (Å²) in [6.45, 7) is 0. The summed E-state index contributed by atoms with van der Waals surface area (Å²) in [6.07, 6.45) is 0. The largest absolute Gasteiger partial charge is 0.456 e. The molecule has 0 bridgehead atoms. The fraction of sp³-hybridized carbons (Fsp3) is 0. The van der Waals surface area contributed by atoms with E-state index in [4.69, 9.17) is 18.8 Å². The first-order valence-corrected chi connectivity index (χ1v) is 17.1. The van der Waals surface area contributed by atoms with Crippen molar-refractivity contribution in [2.45, 2.75) is 0 Å². The maximum atomic E-state index is 7.03. The van der Waals surface area contributed by atoms with E-state index in [-0.39, 0.29) is 0 Å². The first kappa shape index (κ1) is 27.9. The standard InChI is InChI=1S/C46H27N3O2/c1-3-13-28(14-4-1)36-27-37(48-46(47-36)35-21-12-24-41-42(35)34-18-8-10-23-40(34)50-41)32-20-11-19-30-31-25-26-39-43(45(31)51-44(30)32)33-17-7-9-22-38(33)49(39)29-15-5-2-6-16-29/h1-27H. The maximum Gasteiger partial charge on any atom is 0.161 e. The average molecular weight is 654 g/mol. The van der Waals surface area contributed by atoms with Crippen molar-refractivity contribution in [2.75, 3.05) is 0 Å². The smallest absolute Gasteiger partial charge is 0.161 e. The van der Waals surface area contributed by atoms with Gasteiger partial charge in [-0.2, -0.15) is 0 Å². The van der Waals surface area contributed by atoms with Gasteiger partial charge in [0.15, 0.2) is 5.82 Å². The zero-order chi connectivity index (χ0) is 33.5. The number of hydrogen-bond donors (Lipinski definition) is 0. The van der Waals surface area contributed by atoms with E-state index in [0.29, 0.717) is 5.82 Å². The number of nitrogens with zero attached hydrogens (tertiary/aromatic N) is 3. The highest BCUT2D eigenvalue weighted by Crippen LogP contribution is 2.43. The Balaban J connectivity index is 1.20. The first-order valence-electron chi connectivity index (χ1n) is 17.1. The molecule has 0 aliphatic carbocycles. The minimum Gasteiger partial charge on any atom is -0.456 e. The van der Waals surface area contributed by atoms with Crippen LogP contribution in [0.15, 0.2) is 173 Å². The Morgan fingerprint density at radius 3 is 1.96 bits per heavy atom. The molecule has 238 valence electrons. The molecule has 0 spiro atoms. The quantitative estimate of drug-likeness (QED) is 0.190. The Labute approximate surface area is 291 Å². The van der Waals surface area contributed by atoms with Gasteiger partial charge in [0.1, 0.15) is 22.3 Å². The molecule has 5 heteroatoms. The summed E-state index contributed by atoms with van der Waals surface area (Å²) in [4.78, 5) is 10.5. The van der Waals surface area contributed by atoms with Crippen molar-refractivity contribution in [3.8, 4) is 39.6 Å². The molecule has 7 aromatic carbocycles. The van der Waals surface area contributed by atoms with Crippen molar-refractivity contribution in [1.29, 1.82) is 0 Å². The molecule has 4 aromatic heterocycles. The summed E-state index contributed by atoms with van der Waals surface area (Å²) in [5.41, 5.74) is 11.1. The molecule has 0 saturated heterocycles. The number of benzene rings is 7. The predicted octanol–water partition coefficient (Wildman–Crippen LogP) is 12.4. The van der Waals surface area contributed by atoms with Crippen LogP contribution in [0.1, 0.15) is 0 Å². The van der Waals surface area contributed by atoms with Gasteiger partial charge in [0.05, 0.1) is 27.8 Å². The fourth-order valence-corrected chi connectivity index (χ4v) is 7.79. The molecule has 0 atom stereocenters. The Morgan fingerprint density at radius 1 is 0.412 bits per heavy atom. The van der Waals surface area contributed by atoms with Gasteiger partial charge < -0.3 is 13.4 Å². The zero-order valence-corrected chi connectivity index (χ0v) is 27.2. The van der Waals surface area contributed by atoms with Gasteiger partial charge in [-0.15, -0.1) is 0 Å². The molecule has 5 nitrogen and oxygen atoms in total. The third-order valence-electron chi connectivity index (χ3n) is 10.0. The van der Waals surface area contributed by atoms with E-state index in [9.17, 15) is 0 Å². The lowest BCUT2D eigenvalue weighted by Gasteiger charge is -2.10. The van der Waals surface area contributed by atoms with Crippen molar-refractivity contribution in [2.24, 2.45) is 0 Å². The number of rotatable bonds is 4. The van der Waals surface area contributed by atoms with Crippen LogP contribution in [0.2, 0.25) is 0 Å². The highest BCUT2D eigenvalue weighted by molar-refractivity contribution is 6.24. The molecular weight excluding hydrogens is 627 g/mol. The summed E-state index contributed by atoms with van der Waals surface area (Å²) in [7, 11) is 0. The molecule has 51 heavy (non-hydrogen) atoms. The zero-order valence-electron chi connectivity index (χ0n) is 27.2. The van der Waals surface area contributed by atoms with E-state index in [2.05, 4.69) is 120 Å². The SMILES string of the molecule is c1ccc(-c2cc(-c3cccc4c3oc3c4ccc4c3c3ccccc3n4-c3ccccc3)nc(-c3cccc4oc5ccccc5c34)n2)cc1. The second kappa shape index (κ2) is 10.8. The van der Waals surface area contributed by atoms with Crippen LogP contribution in [0.3, 0.4) is 0 Å². The van der Waals surface area contributed by atoms with E-state index in [1.54, 1.807) is 0 Å². The second-order valence-corrected chi connectivity index (χ2v) is 12.9. The molecule has 0 fully saturated rings. The maximum absolute atomic E-state index is 7.03. The monoisotopic (exact) mass is 653 g/mol. The van der Waals surface area contributed by atoms with Crippen LogP contribution in [0.5, 0.6) is 0 Å². The van der Waals surface area contributed by atoms with Crippen LogP contribution < -0.4 is 0 Å². The Bertz CT molecular complexity index is 3130. The van der Waals surface area contributed by atoms with Crippen LogP contribution in [0.25, 0.3) is 105 Å². The minimum absolute atomic E-state index is 0.630. The molecule has 11 rings (SSSR count). The third kappa shape index (κ3) is 4.15. The number of fused-ring (bicyclic) bond motifs is 10. The van der Waals surface area contributed by atoms with Crippen molar-refractivity contribution in [1.82, 2.24) is 14.5 Å². The molecule has 4 heterocycles. The van der Waals surface area contributed by atoms with Crippen LogP contribution in [-0.4, -0.2) is 14.5 Å². The molecule has 0 unspecified atom stereocenters. The van der Waals surface area contributed by atoms with E-state index in [1.165, 1.54) is 0 Å². The van der Waals surface area contributed by atoms with Crippen LogP contribution >= 0.6 is 0 Å². The molecule has 0 N–H and O–H groups in total. The van der Waals surface area contributed by atoms with E-state index in [0.717, 1.165) is 99.4 Å². The Kier molecular flexibility index (Phi) is 5.89. The summed E-state index contributed by atoms with van der Waals surface area (Å²) in [5.74, 6) is 0.630. The predicted molar refractivity (Wildman–Crippen MR) is 207 cm³/mol. The van der Waals surface area contributed by atoms with Gasteiger partial charge in [-0.1, -0.05) is 109 Å². The molecule has 0 aliphatic heterocycles. The number of para-hydroxylation sites is 4. The van der Waals surface area contributed by atoms with Gasteiger partial charge in [0.2, 0.25) is 0 Å². The number of aromatic nitrogens is 3. The summed E-state index contributed by atoms with van der Waals surface area (Å²) in [6, 6.07) is 56.4. The van der Waals surface area contributed by atoms with Crippen molar-refractivity contribution >= 4 is 65.7 Å². The topological polar surface area (TPSA) is 57.0 Å². The van der Waals surface area contributed by atoms with E-state index >= 15 is 0 Å². The van der Waals surface area contributed by atoms with Crippen LogP contribution in [0, 0.1) is 0 Å². The first-order chi connectivity index (χ1) is 25.3. The molecule has 0 saturated carbocycles. The van der Waals surface area contributed by atoms with Crippen molar-refractivity contribution < 1.29 is 8.83 Å². The molecule has 11 aromatic rings. The number of furan rings is 2. The van der Waals surface area contributed by atoms with Gasteiger partial charge in [-0.3, -0.25) is 0 Å². The van der Waals surface area contributed by atoms with Crippen LogP contribution in [0.4, 0.5) is 0 Å². The molecule has 0 aliphatic rings. The molecule has 0 amide bonds. The third-order valence-corrected chi connectivity index (χ3v) is 10.0. The normalized spacial score (nSPS) is 11.9. The molecular formula is C46H27N3O2. The lowest BCUT2D eigenvalue weighted by Crippen LogP contribution is -1.96. The van der Waals surface area contributed by atoms with E-state index in [1.807, 2.05) is 48.5 Å². The summed E-state index contributed by atoms with van der Waals surface area (Å²) < 4.78 is 15.6. The molecule has 0 radical (unpaired) electrons. The minimum atomic E-state index is 0.630. The summed E-state index contributed by atoms with van der Waals surface area (Å²) in [5, 5.41) is 6.41. The summed E-state index contributed by atoms with van der Waals surface area (Å²) >= 11 is 0. The van der Waals surface area contributed by atoms with Crippen molar-refractivity contribution in [3.05, 3.63) is 164 Å². The number of hydrogen-bond acceptors (Lipinski definition) is 4. The Hall–Kier alpha value is -6.98. The van der Waals surface area contributed by atoms with Gasteiger partial charge in [0.25, 0.3) is 0 Å². The van der Waals surface area contributed by atoms with Gasteiger partial charge in [-0.25, -0.2) is 9.97 Å². The highest BCUT2D eigenvalue weighted by atomic mass is 16.3. The second-order valence-electron chi connectivity index (χ2n) is 12.9.